The van der Waals surface area contributed by atoms with Crippen molar-refractivity contribution in [2.45, 2.75) is 38.1 Å². The standard InChI is InChI=1S/C23H22F4N6O3S/c1-35-20(15-11-14(6-7-16(15)24)36-23(25,26)27)21(34)29-22-33-32-19(37-22)10-12-2-4-13(5-3-12)17-8-9-18(28)31-30-17/h4,6-9,11-12,20H,2-3,5,10H2,1H3,(H2,28,31)(H,29,33,34)/t12-,20+/m0/s1. The van der Waals surface area contributed by atoms with Gasteiger partial charge in [0.15, 0.2) is 6.10 Å². The molecule has 2 aromatic heterocycles. The number of allylic oxidation sites excluding steroid dienone is 2. The first-order chi connectivity index (χ1) is 17.6. The zero-order valence-corrected chi connectivity index (χ0v) is 20.3. The number of halogens is 4. The third kappa shape index (κ3) is 6.98. The second-order valence-electron chi connectivity index (χ2n) is 8.25. The van der Waals surface area contributed by atoms with Crippen molar-refractivity contribution in [3.8, 4) is 5.75 Å². The highest BCUT2D eigenvalue weighted by Gasteiger charge is 2.32. The number of benzene rings is 1. The van der Waals surface area contributed by atoms with E-state index in [1.165, 1.54) is 0 Å². The van der Waals surface area contributed by atoms with Gasteiger partial charge in [-0.05, 0) is 61.1 Å². The molecule has 9 nitrogen and oxygen atoms in total. The molecule has 0 unspecified atom stereocenters. The molecular formula is C23H22F4N6O3S. The molecule has 1 aliphatic rings. The number of carbonyl (C=O) groups excluding carboxylic acids is 1. The van der Waals surface area contributed by atoms with Crippen LogP contribution in [0.2, 0.25) is 0 Å². The van der Waals surface area contributed by atoms with E-state index in [2.05, 4.69) is 36.5 Å². The first kappa shape index (κ1) is 26.4. The van der Waals surface area contributed by atoms with Crippen LogP contribution in [0.5, 0.6) is 5.75 Å². The Morgan fingerprint density at radius 3 is 2.68 bits per heavy atom. The van der Waals surface area contributed by atoms with Gasteiger partial charge >= 0.3 is 6.36 Å². The molecule has 1 aliphatic carbocycles. The summed E-state index contributed by atoms with van der Waals surface area (Å²) in [4.78, 5) is 12.7. The minimum Gasteiger partial charge on any atom is -0.406 e. The Bertz CT molecular complexity index is 1280. The molecule has 196 valence electrons. The van der Waals surface area contributed by atoms with Gasteiger partial charge in [-0.1, -0.05) is 17.4 Å². The third-order valence-corrected chi connectivity index (χ3v) is 6.51. The van der Waals surface area contributed by atoms with Crippen molar-refractivity contribution >= 4 is 33.8 Å². The van der Waals surface area contributed by atoms with Gasteiger partial charge in [0.2, 0.25) is 5.13 Å². The lowest BCUT2D eigenvalue weighted by molar-refractivity contribution is -0.274. The summed E-state index contributed by atoms with van der Waals surface area (Å²) in [6, 6.07) is 5.89. The molecule has 2 heterocycles. The molecule has 0 aliphatic heterocycles. The lowest BCUT2D eigenvalue weighted by atomic mass is 9.86. The first-order valence-electron chi connectivity index (χ1n) is 11.1. The van der Waals surface area contributed by atoms with Crippen LogP contribution >= 0.6 is 11.3 Å². The van der Waals surface area contributed by atoms with Crippen molar-refractivity contribution in [2.24, 2.45) is 5.92 Å². The van der Waals surface area contributed by atoms with E-state index < -0.39 is 35.5 Å². The van der Waals surface area contributed by atoms with Crippen molar-refractivity contribution < 1.29 is 31.8 Å². The van der Waals surface area contributed by atoms with Crippen LogP contribution in [-0.4, -0.2) is 39.8 Å². The van der Waals surface area contributed by atoms with E-state index in [-0.39, 0.29) is 5.13 Å². The van der Waals surface area contributed by atoms with Crippen LogP contribution in [0.1, 0.15) is 41.6 Å². The molecule has 0 saturated carbocycles. The van der Waals surface area contributed by atoms with E-state index in [4.69, 9.17) is 10.5 Å². The summed E-state index contributed by atoms with van der Waals surface area (Å²) >= 11 is 1.16. The number of hydrogen-bond donors (Lipinski definition) is 2. The fraction of sp³-hybridized carbons (Fsp3) is 0.348. The predicted octanol–water partition coefficient (Wildman–Crippen LogP) is 4.70. The normalized spacial score (nSPS) is 16.7. The number of nitrogens with two attached hydrogens (primary N) is 1. The number of ether oxygens (including phenoxy) is 2. The average molecular weight is 539 g/mol. The van der Waals surface area contributed by atoms with Gasteiger partial charge in [0.1, 0.15) is 22.4 Å². The largest absolute Gasteiger partial charge is 0.573 e. The molecular weight excluding hydrogens is 516 g/mol. The van der Waals surface area contributed by atoms with Crippen LogP contribution in [0, 0.1) is 11.7 Å². The van der Waals surface area contributed by atoms with E-state index in [0.717, 1.165) is 67.2 Å². The van der Waals surface area contributed by atoms with E-state index in [1.807, 2.05) is 6.07 Å². The summed E-state index contributed by atoms with van der Waals surface area (Å²) in [5, 5.41) is 19.4. The van der Waals surface area contributed by atoms with E-state index in [0.29, 0.717) is 23.2 Å². The summed E-state index contributed by atoms with van der Waals surface area (Å²) in [7, 11) is 1.13. The van der Waals surface area contributed by atoms with Crippen LogP contribution < -0.4 is 15.8 Å². The highest BCUT2D eigenvalue weighted by atomic mass is 32.1. The maximum atomic E-state index is 14.3. The fourth-order valence-electron chi connectivity index (χ4n) is 3.92. The number of carbonyl (C=O) groups is 1. The lowest BCUT2D eigenvalue weighted by Crippen LogP contribution is -2.24. The van der Waals surface area contributed by atoms with Gasteiger partial charge in [-0.15, -0.1) is 33.6 Å². The number of nitrogens with one attached hydrogen (secondary N) is 1. The average Bonchev–Trinajstić information content (AvgIpc) is 3.28. The number of methoxy groups -OCH3 is 1. The first-order valence-corrected chi connectivity index (χ1v) is 11.9. The summed E-state index contributed by atoms with van der Waals surface area (Å²) in [6.45, 7) is 0. The number of nitrogen functional groups attached to an aromatic ring is 1. The Kier molecular flexibility index (Phi) is 7.97. The zero-order chi connectivity index (χ0) is 26.6. The number of amides is 1. The van der Waals surface area contributed by atoms with Crippen LogP contribution in [-0.2, 0) is 16.0 Å². The third-order valence-electron chi connectivity index (χ3n) is 5.65. The maximum absolute atomic E-state index is 14.3. The number of hydrogen-bond acceptors (Lipinski definition) is 9. The lowest BCUT2D eigenvalue weighted by Gasteiger charge is -2.20. The molecule has 0 spiro atoms. The van der Waals surface area contributed by atoms with Gasteiger partial charge in [0, 0.05) is 19.1 Å². The number of aromatic nitrogens is 4. The Morgan fingerprint density at radius 1 is 1.22 bits per heavy atom. The zero-order valence-electron chi connectivity index (χ0n) is 19.5. The van der Waals surface area contributed by atoms with Crippen molar-refractivity contribution in [3.63, 3.8) is 0 Å². The van der Waals surface area contributed by atoms with Crippen molar-refractivity contribution in [2.75, 3.05) is 18.2 Å². The number of rotatable bonds is 8. The minimum atomic E-state index is -4.97. The molecule has 4 rings (SSSR count). The molecule has 1 amide bonds. The highest BCUT2D eigenvalue weighted by molar-refractivity contribution is 7.15. The van der Waals surface area contributed by atoms with Gasteiger partial charge in [-0.25, -0.2) is 4.39 Å². The number of alkyl halides is 3. The summed E-state index contributed by atoms with van der Waals surface area (Å²) < 4.78 is 60.8. The Balaban J connectivity index is 1.37. The Labute approximate surface area is 212 Å². The Morgan fingerprint density at radius 2 is 2.03 bits per heavy atom. The van der Waals surface area contributed by atoms with Gasteiger partial charge in [0.05, 0.1) is 5.69 Å². The molecule has 0 bridgehead atoms. The minimum absolute atomic E-state index is 0.161. The van der Waals surface area contributed by atoms with Gasteiger partial charge in [-0.3, -0.25) is 10.1 Å². The summed E-state index contributed by atoms with van der Waals surface area (Å²) in [5.74, 6) is -1.74. The van der Waals surface area contributed by atoms with Crippen molar-refractivity contribution in [1.82, 2.24) is 20.4 Å². The molecule has 1 aromatic carbocycles. The molecule has 0 fully saturated rings. The van der Waals surface area contributed by atoms with Crippen molar-refractivity contribution in [1.29, 1.82) is 0 Å². The van der Waals surface area contributed by atoms with Gasteiger partial charge in [0.25, 0.3) is 5.91 Å². The molecule has 0 radical (unpaired) electrons. The van der Waals surface area contributed by atoms with E-state index in [9.17, 15) is 22.4 Å². The second-order valence-corrected chi connectivity index (χ2v) is 9.32. The van der Waals surface area contributed by atoms with Crippen LogP contribution in [0.3, 0.4) is 0 Å². The topological polar surface area (TPSA) is 125 Å². The fourth-order valence-corrected chi connectivity index (χ4v) is 4.78. The van der Waals surface area contributed by atoms with E-state index in [1.54, 1.807) is 6.07 Å². The molecule has 2 atom stereocenters. The molecule has 0 saturated heterocycles. The van der Waals surface area contributed by atoms with E-state index >= 15 is 0 Å². The quantitative estimate of drug-likeness (QED) is 0.396. The summed E-state index contributed by atoms with van der Waals surface area (Å²) in [6.07, 6.45) is -1.21. The van der Waals surface area contributed by atoms with Gasteiger partial charge < -0.3 is 15.2 Å². The monoisotopic (exact) mass is 538 g/mol. The smallest absolute Gasteiger partial charge is 0.406 e. The van der Waals surface area contributed by atoms with Crippen molar-refractivity contribution in [3.05, 3.63) is 58.5 Å². The number of anilines is 2. The predicted molar refractivity (Wildman–Crippen MR) is 127 cm³/mol. The van der Waals surface area contributed by atoms with Crippen LogP contribution in [0.25, 0.3) is 5.57 Å². The molecule has 3 aromatic rings. The maximum Gasteiger partial charge on any atom is 0.573 e. The molecule has 14 heteroatoms. The summed E-state index contributed by atoms with van der Waals surface area (Å²) in [5.41, 5.74) is 7.08. The Hall–Kier alpha value is -3.65. The molecule has 37 heavy (non-hydrogen) atoms. The molecule has 3 N–H and O–H groups in total. The number of nitrogens with zero attached hydrogens (tertiary/aromatic N) is 4. The highest BCUT2D eigenvalue weighted by Crippen LogP contribution is 2.33. The SMILES string of the molecule is CO[C@@H](C(=O)Nc1nnc(C[C@H]2CC=C(c3ccc(N)nn3)CC2)s1)c1cc(OC(F)(F)F)ccc1F. The van der Waals surface area contributed by atoms with Gasteiger partial charge in [-0.2, -0.15) is 0 Å². The van der Waals surface area contributed by atoms with Crippen LogP contribution in [0.4, 0.5) is 28.5 Å². The second kappa shape index (κ2) is 11.2. The van der Waals surface area contributed by atoms with Crippen LogP contribution in [0.15, 0.2) is 36.4 Å².